The summed E-state index contributed by atoms with van der Waals surface area (Å²) in [7, 11) is 0. The van der Waals surface area contributed by atoms with Crippen LogP contribution in [0.3, 0.4) is 0 Å². The molecule has 0 aliphatic carbocycles. The minimum absolute atomic E-state index is 0.0216. The molecule has 1 aliphatic heterocycles. The monoisotopic (exact) mass is 197 g/mol. The number of benzene rings is 1. The van der Waals surface area contributed by atoms with Gasteiger partial charge in [-0.1, -0.05) is 6.07 Å². The molecule has 1 heterocycles. The molecule has 0 radical (unpaired) electrons. The SMILES string of the molecule is OCCN1CCOc2cccc(F)c21. The van der Waals surface area contributed by atoms with E-state index >= 15 is 0 Å². The Balaban J connectivity index is 2.36. The predicted octanol–water partition coefficient (Wildman–Crippen LogP) is 1.02. The van der Waals surface area contributed by atoms with Crippen LogP contribution in [-0.2, 0) is 0 Å². The van der Waals surface area contributed by atoms with Gasteiger partial charge in [0.15, 0.2) is 0 Å². The van der Waals surface area contributed by atoms with Gasteiger partial charge in [0, 0.05) is 6.54 Å². The number of β-amino-alcohol motifs (C(OH)–C–C–N with tert-alkyl or cyclic N) is 1. The molecule has 1 aromatic carbocycles. The van der Waals surface area contributed by atoms with Gasteiger partial charge in [0.05, 0.1) is 13.2 Å². The van der Waals surface area contributed by atoms with Crippen LogP contribution in [0.2, 0.25) is 0 Å². The van der Waals surface area contributed by atoms with E-state index in [1.54, 1.807) is 17.0 Å². The third-order valence-electron chi connectivity index (χ3n) is 2.25. The first-order valence-electron chi connectivity index (χ1n) is 4.60. The van der Waals surface area contributed by atoms with Crippen molar-refractivity contribution in [2.75, 3.05) is 31.2 Å². The lowest BCUT2D eigenvalue weighted by Gasteiger charge is -2.30. The van der Waals surface area contributed by atoms with Crippen LogP contribution in [0.5, 0.6) is 5.75 Å². The Morgan fingerprint density at radius 1 is 1.50 bits per heavy atom. The minimum atomic E-state index is -0.296. The summed E-state index contributed by atoms with van der Waals surface area (Å²) in [6.45, 7) is 1.62. The number of fused-ring (bicyclic) bond motifs is 1. The van der Waals surface area contributed by atoms with E-state index in [9.17, 15) is 4.39 Å². The molecule has 2 rings (SSSR count). The molecule has 1 N–H and O–H groups in total. The van der Waals surface area contributed by atoms with Crippen LogP contribution in [0.4, 0.5) is 10.1 Å². The molecule has 0 saturated heterocycles. The predicted molar refractivity (Wildman–Crippen MR) is 51.2 cm³/mol. The Bertz CT molecular complexity index is 330. The molecule has 0 fully saturated rings. The van der Waals surface area contributed by atoms with Crippen molar-refractivity contribution in [1.82, 2.24) is 0 Å². The van der Waals surface area contributed by atoms with Gasteiger partial charge in [0.25, 0.3) is 0 Å². The van der Waals surface area contributed by atoms with E-state index in [-0.39, 0.29) is 12.4 Å². The van der Waals surface area contributed by atoms with Gasteiger partial charge in [0.1, 0.15) is 23.9 Å². The molecule has 3 nitrogen and oxygen atoms in total. The van der Waals surface area contributed by atoms with Gasteiger partial charge in [-0.2, -0.15) is 0 Å². The molecule has 76 valence electrons. The first kappa shape index (κ1) is 9.27. The Hall–Kier alpha value is -1.29. The highest BCUT2D eigenvalue weighted by Gasteiger charge is 2.20. The molecule has 0 bridgehead atoms. The number of ether oxygens (including phenoxy) is 1. The fourth-order valence-electron chi connectivity index (χ4n) is 1.64. The van der Waals surface area contributed by atoms with Crippen molar-refractivity contribution in [3.05, 3.63) is 24.0 Å². The Labute approximate surface area is 81.7 Å². The number of nitrogens with zero attached hydrogens (tertiary/aromatic N) is 1. The van der Waals surface area contributed by atoms with Crippen LogP contribution in [-0.4, -0.2) is 31.4 Å². The highest BCUT2D eigenvalue weighted by atomic mass is 19.1. The van der Waals surface area contributed by atoms with E-state index in [1.807, 2.05) is 0 Å². The lowest BCUT2D eigenvalue weighted by Crippen LogP contribution is -2.35. The molecule has 0 unspecified atom stereocenters. The number of para-hydroxylation sites is 1. The molecule has 0 aromatic heterocycles. The number of aliphatic hydroxyl groups is 1. The number of hydrogen-bond donors (Lipinski definition) is 1. The van der Waals surface area contributed by atoms with Crippen molar-refractivity contribution >= 4 is 5.69 Å². The summed E-state index contributed by atoms with van der Waals surface area (Å²) in [5.74, 6) is 0.264. The lowest BCUT2D eigenvalue weighted by atomic mass is 10.2. The first-order valence-corrected chi connectivity index (χ1v) is 4.60. The van der Waals surface area contributed by atoms with Gasteiger partial charge in [-0.15, -0.1) is 0 Å². The summed E-state index contributed by atoms with van der Waals surface area (Å²) in [4.78, 5) is 1.80. The second-order valence-corrected chi connectivity index (χ2v) is 3.15. The van der Waals surface area contributed by atoms with E-state index in [2.05, 4.69) is 0 Å². The average Bonchev–Trinajstić information content (AvgIpc) is 2.19. The van der Waals surface area contributed by atoms with E-state index in [4.69, 9.17) is 9.84 Å². The molecule has 0 amide bonds. The highest BCUT2D eigenvalue weighted by Crippen LogP contribution is 2.33. The van der Waals surface area contributed by atoms with Crippen molar-refractivity contribution in [3.63, 3.8) is 0 Å². The van der Waals surface area contributed by atoms with Crippen molar-refractivity contribution in [2.45, 2.75) is 0 Å². The topological polar surface area (TPSA) is 32.7 Å². The minimum Gasteiger partial charge on any atom is -0.489 e. The summed E-state index contributed by atoms with van der Waals surface area (Å²) in [5.41, 5.74) is 0.466. The van der Waals surface area contributed by atoms with Gasteiger partial charge < -0.3 is 14.7 Å². The lowest BCUT2D eigenvalue weighted by molar-refractivity contribution is 0.276. The van der Waals surface area contributed by atoms with Gasteiger partial charge in [-0.25, -0.2) is 4.39 Å². The molecule has 4 heteroatoms. The highest BCUT2D eigenvalue weighted by molar-refractivity contribution is 5.60. The Kier molecular flexibility index (Phi) is 2.54. The van der Waals surface area contributed by atoms with Gasteiger partial charge >= 0.3 is 0 Å². The number of rotatable bonds is 2. The molecule has 1 aliphatic rings. The average molecular weight is 197 g/mol. The fourth-order valence-corrected chi connectivity index (χ4v) is 1.64. The van der Waals surface area contributed by atoms with Crippen LogP contribution in [0.1, 0.15) is 0 Å². The second kappa shape index (κ2) is 3.84. The van der Waals surface area contributed by atoms with E-state index in [0.29, 0.717) is 31.1 Å². The standard InChI is InChI=1S/C10H12FNO2/c11-8-2-1-3-9-10(8)12(4-6-13)5-7-14-9/h1-3,13H,4-7H2. The first-order chi connectivity index (χ1) is 6.83. The zero-order valence-electron chi connectivity index (χ0n) is 7.74. The van der Waals surface area contributed by atoms with E-state index in [0.717, 1.165) is 0 Å². The number of anilines is 1. The van der Waals surface area contributed by atoms with E-state index in [1.165, 1.54) is 6.07 Å². The summed E-state index contributed by atoms with van der Waals surface area (Å²) in [5, 5.41) is 8.83. The van der Waals surface area contributed by atoms with Crippen LogP contribution >= 0.6 is 0 Å². The quantitative estimate of drug-likeness (QED) is 0.768. The second-order valence-electron chi connectivity index (χ2n) is 3.15. The summed E-state index contributed by atoms with van der Waals surface area (Å²) in [6.07, 6.45) is 0. The van der Waals surface area contributed by atoms with Crippen molar-refractivity contribution in [2.24, 2.45) is 0 Å². The number of halogens is 1. The molecule has 1 aromatic rings. The van der Waals surface area contributed by atoms with Crippen molar-refractivity contribution in [1.29, 1.82) is 0 Å². The molecule has 0 spiro atoms. The Morgan fingerprint density at radius 3 is 3.14 bits per heavy atom. The summed E-state index contributed by atoms with van der Waals surface area (Å²) >= 11 is 0. The van der Waals surface area contributed by atoms with E-state index < -0.39 is 0 Å². The van der Waals surface area contributed by atoms with Crippen LogP contribution < -0.4 is 9.64 Å². The normalized spacial score (nSPS) is 14.9. The molecule has 0 saturated carbocycles. The zero-order valence-corrected chi connectivity index (χ0v) is 7.74. The third-order valence-corrected chi connectivity index (χ3v) is 2.25. The molecule has 0 atom stereocenters. The molecular weight excluding hydrogens is 185 g/mol. The summed E-state index contributed by atoms with van der Waals surface area (Å²) < 4.78 is 18.8. The number of hydrogen-bond acceptors (Lipinski definition) is 3. The maximum absolute atomic E-state index is 13.4. The Morgan fingerprint density at radius 2 is 2.36 bits per heavy atom. The fraction of sp³-hybridized carbons (Fsp3) is 0.400. The van der Waals surface area contributed by atoms with Crippen LogP contribution in [0.25, 0.3) is 0 Å². The third kappa shape index (κ3) is 1.53. The zero-order chi connectivity index (χ0) is 9.97. The van der Waals surface area contributed by atoms with Crippen molar-refractivity contribution < 1.29 is 14.2 Å². The summed E-state index contributed by atoms with van der Waals surface area (Å²) in [6, 6.07) is 4.76. The molecular formula is C10H12FNO2. The van der Waals surface area contributed by atoms with Gasteiger partial charge in [-0.3, -0.25) is 0 Å². The largest absolute Gasteiger partial charge is 0.489 e. The maximum atomic E-state index is 13.4. The van der Waals surface area contributed by atoms with Crippen LogP contribution in [0.15, 0.2) is 18.2 Å². The maximum Gasteiger partial charge on any atom is 0.150 e. The van der Waals surface area contributed by atoms with Crippen molar-refractivity contribution in [3.8, 4) is 5.75 Å². The number of aliphatic hydroxyl groups excluding tert-OH is 1. The van der Waals surface area contributed by atoms with Gasteiger partial charge in [-0.05, 0) is 12.1 Å². The van der Waals surface area contributed by atoms with Gasteiger partial charge in [0.2, 0.25) is 0 Å². The van der Waals surface area contributed by atoms with Crippen LogP contribution in [0, 0.1) is 5.82 Å². The molecule has 14 heavy (non-hydrogen) atoms. The smallest absolute Gasteiger partial charge is 0.150 e.